The molecule has 0 heterocycles. The lowest BCUT2D eigenvalue weighted by atomic mass is 9.84. The summed E-state index contributed by atoms with van der Waals surface area (Å²) in [5, 5.41) is 14.6. The van der Waals surface area contributed by atoms with Gasteiger partial charge in [-0.3, -0.25) is 4.79 Å². The largest absolute Gasteiger partial charge is 0.481 e. The zero-order valence-corrected chi connectivity index (χ0v) is 12.1. The Morgan fingerprint density at radius 2 is 2.11 bits per heavy atom. The topological polar surface area (TPSA) is 78.4 Å². The van der Waals surface area contributed by atoms with Crippen molar-refractivity contribution in [3.63, 3.8) is 0 Å². The molecule has 2 saturated carbocycles. The molecule has 0 spiro atoms. The maximum Gasteiger partial charge on any atom is 0.315 e. The Labute approximate surface area is 117 Å². The van der Waals surface area contributed by atoms with E-state index in [-0.39, 0.29) is 23.2 Å². The van der Waals surface area contributed by atoms with Crippen molar-refractivity contribution < 1.29 is 14.7 Å². The second-order valence-corrected chi connectivity index (χ2v) is 6.88. The van der Waals surface area contributed by atoms with Crippen LogP contribution in [0.2, 0.25) is 0 Å². The number of rotatable bonds is 7. The van der Waals surface area contributed by atoms with Crippen molar-refractivity contribution in [3.05, 3.63) is 0 Å². The summed E-state index contributed by atoms with van der Waals surface area (Å²) in [6.07, 6.45) is 7.67. The van der Waals surface area contributed by atoms with Gasteiger partial charge >= 0.3 is 12.0 Å². The molecule has 0 aliphatic heterocycles. The molecule has 0 saturated heterocycles. The van der Waals surface area contributed by atoms with Crippen LogP contribution in [0.15, 0.2) is 0 Å². The molecule has 1 atom stereocenters. The summed E-state index contributed by atoms with van der Waals surface area (Å²) in [7, 11) is 0. The SMILES string of the molecule is CSC1(CNC(=O)NC(CC(=O)O)C2CC2)CCC1. The average molecular weight is 286 g/mol. The highest BCUT2D eigenvalue weighted by atomic mass is 32.2. The average Bonchev–Trinajstić information content (AvgIpc) is 3.10. The summed E-state index contributed by atoms with van der Waals surface area (Å²) in [5.74, 6) is -0.503. The molecule has 0 radical (unpaired) electrons. The molecule has 2 aliphatic rings. The minimum atomic E-state index is -0.850. The van der Waals surface area contributed by atoms with Crippen LogP contribution in [-0.2, 0) is 4.79 Å². The van der Waals surface area contributed by atoms with Crippen molar-refractivity contribution in [2.24, 2.45) is 5.92 Å². The van der Waals surface area contributed by atoms with Gasteiger partial charge in [-0.1, -0.05) is 6.42 Å². The Balaban J connectivity index is 1.74. The molecule has 2 amide bonds. The standard InChI is InChI=1S/C13H22N2O3S/c1-19-13(5-2-6-13)8-14-12(18)15-10(7-11(16)17)9-3-4-9/h9-10H,2-8H2,1H3,(H,16,17)(H2,14,15,18). The van der Waals surface area contributed by atoms with E-state index >= 15 is 0 Å². The molecule has 5 nitrogen and oxygen atoms in total. The first-order chi connectivity index (χ1) is 9.04. The van der Waals surface area contributed by atoms with Crippen LogP contribution >= 0.6 is 11.8 Å². The van der Waals surface area contributed by atoms with E-state index in [9.17, 15) is 9.59 Å². The van der Waals surface area contributed by atoms with Gasteiger partial charge < -0.3 is 15.7 Å². The van der Waals surface area contributed by atoms with Crippen LogP contribution in [0.4, 0.5) is 4.79 Å². The number of aliphatic carboxylic acids is 1. The molecule has 19 heavy (non-hydrogen) atoms. The Hall–Kier alpha value is -0.910. The Morgan fingerprint density at radius 3 is 2.53 bits per heavy atom. The van der Waals surface area contributed by atoms with E-state index in [1.807, 2.05) is 11.8 Å². The molecule has 2 fully saturated rings. The van der Waals surface area contributed by atoms with E-state index in [0.717, 1.165) is 25.7 Å². The molecule has 108 valence electrons. The Morgan fingerprint density at radius 1 is 1.42 bits per heavy atom. The first-order valence-corrected chi connectivity index (χ1v) is 8.08. The third kappa shape index (κ3) is 4.03. The number of carboxylic acids is 1. The van der Waals surface area contributed by atoms with Gasteiger partial charge in [0, 0.05) is 17.3 Å². The second kappa shape index (κ2) is 6.03. The Kier molecular flexibility index (Phi) is 4.60. The zero-order chi connectivity index (χ0) is 13.9. The number of amides is 2. The number of nitrogens with one attached hydrogen (secondary N) is 2. The highest BCUT2D eigenvalue weighted by Crippen LogP contribution is 2.42. The van der Waals surface area contributed by atoms with Gasteiger partial charge in [0.2, 0.25) is 0 Å². The predicted octanol–water partition coefficient (Wildman–Crippen LogP) is 1.82. The summed E-state index contributed by atoms with van der Waals surface area (Å²) in [6.45, 7) is 0.671. The van der Waals surface area contributed by atoms with E-state index in [2.05, 4.69) is 16.9 Å². The fourth-order valence-corrected chi connectivity index (χ4v) is 3.42. The molecule has 0 bridgehead atoms. The second-order valence-electron chi connectivity index (χ2n) is 5.61. The lowest BCUT2D eigenvalue weighted by molar-refractivity contribution is -0.137. The minimum absolute atomic E-state index is 0.0196. The maximum atomic E-state index is 11.8. The first kappa shape index (κ1) is 14.5. The molecule has 2 rings (SSSR count). The summed E-state index contributed by atoms with van der Waals surface area (Å²) < 4.78 is 0.208. The molecule has 0 aromatic carbocycles. The van der Waals surface area contributed by atoms with Crippen LogP contribution in [0.5, 0.6) is 0 Å². The molecule has 0 aromatic rings. The fourth-order valence-electron chi connectivity index (χ4n) is 2.51. The normalized spacial score (nSPS) is 22.2. The van der Waals surface area contributed by atoms with Crippen molar-refractivity contribution in [2.75, 3.05) is 12.8 Å². The van der Waals surface area contributed by atoms with Gasteiger partial charge in [0.1, 0.15) is 0 Å². The smallest absolute Gasteiger partial charge is 0.315 e. The molecule has 3 N–H and O–H groups in total. The number of urea groups is 1. The van der Waals surface area contributed by atoms with Gasteiger partial charge in [0.25, 0.3) is 0 Å². The highest BCUT2D eigenvalue weighted by molar-refractivity contribution is 8.00. The van der Waals surface area contributed by atoms with Crippen molar-refractivity contribution in [2.45, 2.75) is 49.3 Å². The fraction of sp³-hybridized carbons (Fsp3) is 0.846. The molecule has 0 aromatic heterocycles. The van der Waals surface area contributed by atoms with Crippen LogP contribution in [-0.4, -0.2) is 40.7 Å². The third-order valence-electron chi connectivity index (χ3n) is 4.17. The molecule has 1 unspecified atom stereocenters. The van der Waals surface area contributed by atoms with Crippen molar-refractivity contribution in [1.82, 2.24) is 10.6 Å². The van der Waals surface area contributed by atoms with Gasteiger partial charge in [-0.15, -0.1) is 0 Å². The lowest BCUT2D eigenvalue weighted by Crippen LogP contribution is -2.50. The number of carbonyl (C=O) groups excluding carboxylic acids is 1. The zero-order valence-electron chi connectivity index (χ0n) is 11.3. The molecular weight excluding hydrogens is 264 g/mol. The van der Waals surface area contributed by atoms with Gasteiger partial charge in [-0.2, -0.15) is 11.8 Å². The van der Waals surface area contributed by atoms with Crippen LogP contribution in [0.25, 0.3) is 0 Å². The maximum absolute atomic E-state index is 11.8. The van der Waals surface area contributed by atoms with Crippen molar-refractivity contribution in [1.29, 1.82) is 0 Å². The molecule has 6 heteroatoms. The number of carbonyl (C=O) groups is 2. The van der Waals surface area contributed by atoms with Crippen LogP contribution in [0.1, 0.15) is 38.5 Å². The van der Waals surface area contributed by atoms with Gasteiger partial charge in [-0.25, -0.2) is 4.79 Å². The van der Waals surface area contributed by atoms with Crippen molar-refractivity contribution in [3.8, 4) is 0 Å². The summed E-state index contributed by atoms with van der Waals surface area (Å²) in [6, 6.07) is -0.442. The van der Waals surface area contributed by atoms with E-state index in [1.165, 1.54) is 6.42 Å². The van der Waals surface area contributed by atoms with Gasteiger partial charge in [-0.05, 0) is 37.9 Å². The van der Waals surface area contributed by atoms with E-state index < -0.39 is 5.97 Å². The highest BCUT2D eigenvalue weighted by Gasteiger charge is 2.37. The Bertz CT molecular complexity index is 348. The lowest BCUT2D eigenvalue weighted by Gasteiger charge is -2.40. The number of hydrogen-bond acceptors (Lipinski definition) is 3. The van der Waals surface area contributed by atoms with Crippen LogP contribution in [0.3, 0.4) is 0 Å². The molecular formula is C13H22N2O3S. The van der Waals surface area contributed by atoms with Crippen LogP contribution < -0.4 is 10.6 Å². The monoisotopic (exact) mass is 286 g/mol. The first-order valence-electron chi connectivity index (χ1n) is 6.86. The summed E-state index contributed by atoms with van der Waals surface area (Å²) in [4.78, 5) is 22.6. The van der Waals surface area contributed by atoms with Gasteiger partial charge in [0.15, 0.2) is 0 Å². The number of hydrogen-bond donors (Lipinski definition) is 3. The van der Waals surface area contributed by atoms with Crippen molar-refractivity contribution >= 4 is 23.8 Å². The van der Waals surface area contributed by atoms with Gasteiger partial charge in [0.05, 0.1) is 6.42 Å². The third-order valence-corrected chi connectivity index (χ3v) is 5.59. The number of thioether (sulfide) groups is 1. The predicted molar refractivity (Wildman–Crippen MR) is 75.4 cm³/mol. The van der Waals surface area contributed by atoms with Crippen LogP contribution in [0, 0.1) is 5.92 Å². The summed E-state index contributed by atoms with van der Waals surface area (Å²) >= 11 is 1.81. The van der Waals surface area contributed by atoms with E-state index in [4.69, 9.17) is 5.11 Å². The van der Waals surface area contributed by atoms with E-state index in [1.54, 1.807) is 0 Å². The summed E-state index contributed by atoms with van der Waals surface area (Å²) in [5.41, 5.74) is 0. The quantitative estimate of drug-likeness (QED) is 0.667. The van der Waals surface area contributed by atoms with E-state index in [0.29, 0.717) is 12.5 Å². The minimum Gasteiger partial charge on any atom is -0.481 e. The number of carboxylic acid groups (broad SMARTS) is 1. The molecule has 2 aliphatic carbocycles.